The molecule has 17 heavy (non-hydrogen) atoms. The van der Waals surface area contributed by atoms with E-state index in [1.54, 1.807) is 0 Å². The molecule has 92 valence electrons. The molecule has 0 saturated heterocycles. The van der Waals surface area contributed by atoms with Crippen molar-refractivity contribution >= 4 is 0 Å². The van der Waals surface area contributed by atoms with Gasteiger partial charge in [0.1, 0.15) is 0 Å². The van der Waals surface area contributed by atoms with Gasteiger partial charge in [0.2, 0.25) is 0 Å². The quantitative estimate of drug-likeness (QED) is 0.739. The molecule has 0 unspecified atom stereocenters. The molecule has 0 heterocycles. The third-order valence-electron chi connectivity index (χ3n) is 2.48. The van der Waals surface area contributed by atoms with E-state index in [1.165, 1.54) is 5.56 Å². The summed E-state index contributed by atoms with van der Waals surface area (Å²) in [7, 11) is 2.04. The summed E-state index contributed by atoms with van der Waals surface area (Å²) >= 11 is 0. The van der Waals surface area contributed by atoms with Crippen LogP contribution in [-0.4, -0.2) is 36.8 Å². The number of rotatable bonds is 5. The molecular weight excluding hydrogens is 212 g/mol. The summed E-state index contributed by atoms with van der Waals surface area (Å²) in [6, 6.07) is 8.09. The fourth-order valence-electron chi connectivity index (χ4n) is 1.64. The number of nitrogens with zero attached hydrogens (tertiary/aromatic N) is 1. The molecular formula is C14H20N2O. The first-order valence-electron chi connectivity index (χ1n) is 5.84. The van der Waals surface area contributed by atoms with Crippen LogP contribution in [0.15, 0.2) is 24.3 Å². The molecule has 3 nitrogen and oxygen atoms in total. The first-order chi connectivity index (χ1) is 8.27. The molecule has 1 aromatic carbocycles. The van der Waals surface area contributed by atoms with Crippen LogP contribution in [0.2, 0.25) is 0 Å². The zero-order valence-electron chi connectivity index (χ0n) is 10.3. The van der Waals surface area contributed by atoms with E-state index in [0.29, 0.717) is 6.54 Å². The van der Waals surface area contributed by atoms with Crippen LogP contribution in [0.1, 0.15) is 17.5 Å². The summed E-state index contributed by atoms with van der Waals surface area (Å²) in [5, 5.41) is 8.79. The van der Waals surface area contributed by atoms with E-state index >= 15 is 0 Å². The average Bonchev–Trinajstić information content (AvgIpc) is 2.35. The van der Waals surface area contributed by atoms with E-state index in [1.807, 2.05) is 25.2 Å². The highest BCUT2D eigenvalue weighted by Gasteiger charge is 2.03. The van der Waals surface area contributed by atoms with Crippen molar-refractivity contribution in [2.24, 2.45) is 5.73 Å². The van der Waals surface area contributed by atoms with Gasteiger partial charge in [-0.15, -0.1) is 0 Å². The predicted octanol–water partition coefficient (Wildman–Crippen LogP) is 0.811. The minimum Gasteiger partial charge on any atom is -0.396 e. The van der Waals surface area contributed by atoms with Gasteiger partial charge in [0, 0.05) is 25.3 Å². The minimum atomic E-state index is 0.235. The molecule has 0 aromatic heterocycles. The van der Waals surface area contributed by atoms with Crippen molar-refractivity contribution in [1.29, 1.82) is 0 Å². The number of aliphatic hydroxyl groups is 1. The number of hydrogen-bond donors (Lipinski definition) is 2. The molecule has 0 aliphatic carbocycles. The van der Waals surface area contributed by atoms with Gasteiger partial charge in [0.15, 0.2) is 0 Å². The summed E-state index contributed by atoms with van der Waals surface area (Å²) in [5.74, 6) is 5.96. The Labute approximate surface area is 103 Å². The second-order valence-corrected chi connectivity index (χ2v) is 3.98. The normalized spacial score (nSPS) is 10.1. The SMILES string of the molecule is CN(CCCO)Cc1ccccc1C#CCN. The smallest absolute Gasteiger partial charge is 0.0555 e. The van der Waals surface area contributed by atoms with E-state index in [0.717, 1.165) is 25.1 Å². The fraction of sp³-hybridized carbons (Fsp3) is 0.429. The van der Waals surface area contributed by atoms with Gasteiger partial charge in [0.25, 0.3) is 0 Å². The van der Waals surface area contributed by atoms with E-state index < -0.39 is 0 Å². The highest BCUT2D eigenvalue weighted by molar-refractivity contribution is 5.41. The Morgan fingerprint density at radius 3 is 2.82 bits per heavy atom. The average molecular weight is 232 g/mol. The highest BCUT2D eigenvalue weighted by Crippen LogP contribution is 2.09. The fourth-order valence-corrected chi connectivity index (χ4v) is 1.64. The maximum Gasteiger partial charge on any atom is 0.0555 e. The van der Waals surface area contributed by atoms with E-state index in [2.05, 4.69) is 22.8 Å². The van der Waals surface area contributed by atoms with Gasteiger partial charge < -0.3 is 15.7 Å². The summed E-state index contributed by atoms with van der Waals surface area (Å²) in [6.45, 7) is 2.35. The maximum absolute atomic E-state index is 8.79. The second-order valence-electron chi connectivity index (χ2n) is 3.98. The van der Waals surface area contributed by atoms with E-state index in [4.69, 9.17) is 10.8 Å². The molecule has 0 aliphatic heterocycles. The Morgan fingerprint density at radius 1 is 1.35 bits per heavy atom. The standard InChI is InChI=1S/C14H20N2O/c1-16(10-5-11-17)12-14-7-3-2-6-13(14)8-4-9-15/h2-3,6-7,17H,5,9-12,15H2,1H3. The molecule has 3 N–H and O–H groups in total. The van der Waals surface area contributed by atoms with Crippen LogP contribution in [0, 0.1) is 11.8 Å². The minimum absolute atomic E-state index is 0.235. The van der Waals surface area contributed by atoms with Crippen molar-refractivity contribution < 1.29 is 5.11 Å². The molecule has 0 bridgehead atoms. The number of aliphatic hydroxyl groups excluding tert-OH is 1. The van der Waals surface area contributed by atoms with Crippen molar-refractivity contribution in [3.63, 3.8) is 0 Å². The van der Waals surface area contributed by atoms with Gasteiger partial charge in [-0.1, -0.05) is 30.0 Å². The molecule has 0 radical (unpaired) electrons. The molecule has 1 rings (SSSR count). The van der Waals surface area contributed by atoms with Crippen LogP contribution in [0.25, 0.3) is 0 Å². The largest absolute Gasteiger partial charge is 0.396 e. The summed E-state index contributed by atoms with van der Waals surface area (Å²) in [4.78, 5) is 2.18. The number of benzene rings is 1. The highest BCUT2D eigenvalue weighted by atomic mass is 16.3. The number of hydrogen-bond acceptors (Lipinski definition) is 3. The van der Waals surface area contributed by atoms with Gasteiger partial charge in [-0.2, -0.15) is 0 Å². The second kappa shape index (κ2) is 7.86. The van der Waals surface area contributed by atoms with Crippen molar-refractivity contribution in [2.45, 2.75) is 13.0 Å². The molecule has 0 amide bonds. The Bertz CT molecular complexity index is 393. The maximum atomic E-state index is 8.79. The Hall–Kier alpha value is -1.34. The molecule has 1 aromatic rings. The number of nitrogens with two attached hydrogens (primary N) is 1. The molecule has 0 fully saturated rings. The Balaban J connectivity index is 2.69. The third-order valence-corrected chi connectivity index (χ3v) is 2.48. The van der Waals surface area contributed by atoms with Crippen molar-refractivity contribution in [1.82, 2.24) is 4.90 Å². The molecule has 0 saturated carbocycles. The molecule has 3 heteroatoms. The van der Waals surface area contributed by atoms with Crippen LogP contribution >= 0.6 is 0 Å². The van der Waals surface area contributed by atoms with Gasteiger partial charge in [-0.25, -0.2) is 0 Å². The zero-order valence-corrected chi connectivity index (χ0v) is 10.3. The Kier molecular flexibility index (Phi) is 6.34. The van der Waals surface area contributed by atoms with Gasteiger partial charge in [-0.05, 0) is 25.1 Å². The van der Waals surface area contributed by atoms with E-state index in [9.17, 15) is 0 Å². The topological polar surface area (TPSA) is 49.5 Å². The van der Waals surface area contributed by atoms with Gasteiger partial charge in [-0.3, -0.25) is 0 Å². The van der Waals surface area contributed by atoms with Crippen LogP contribution in [0.3, 0.4) is 0 Å². The predicted molar refractivity (Wildman–Crippen MR) is 70.4 cm³/mol. The van der Waals surface area contributed by atoms with Crippen molar-refractivity contribution in [3.05, 3.63) is 35.4 Å². The van der Waals surface area contributed by atoms with Crippen LogP contribution in [0.4, 0.5) is 0 Å². The summed E-state index contributed by atoms with van der Waals surface area (Å²) < 4.78 is 0. The van der Waals surface area contributed by atoms with Crippen LogP contribution < -0.4 is 5.73 Å². The zero-order chi connectivity index (χ0) is 12.5. The molecule has 0 spiro atoms. The van der Waals surface area contributed by atoms with E-state index in [-0.39, 0.29) is 6.61 Å². The lowest BCUT2D eigenvalue weighted by Crippen LogP contribution is -2.20. The monoisotopic (exact) mass is 232 g/mol. The van der Waals surface area contributed by atoms with Gasteiger partial charge >= 0.3 is 0 Å². The van der Waals surface area contributed by atoms with Crippen molar-refractivity contribution in [3.8, 4) is 11.8 Å². The first-order valence-corrected chi connectivity index (χ1v) is 5.84. The van der Waals surface area contributed by atoms with Crippen molar-refractivity contribution in [2.75, 3.05) is 26.7 Å². The lowest BCUT2D eigenvalue weighted by molar-refractivity contribution is 0.244. The third kappa shape index (κ3) is 5.01. The Morgan fingerprint density at radius 2 is 2.12 bits per heavy atom. The lowest BCUT2D eigenvalue weighted by Gasteiger charge is -2.16. The lowest BCUT2D eigenvalue weighted by atomic mass is 10.1. The summed E-state index contributed by atoms with van der Waals surface area (Å²) in [6.07, 6.45) is 0.799. The van der Waals surface area contributed by atoms with Crippen LogP contribution in [0.5, 0.6) is 0 Å². The summed E-state index contributed by atoms with van der Waals surface area (Å²) in [5.41, 5.74) is 7.62. The van der Waals surface area contributed by atoms with Gasteiger partial charge in [0.05, 0.1) is 6.54 Å². The molecule has 0 atom stereocenters. The first kappa shape index (κ1) is 13.7. The van der Waals surface area contributed by atoms with Crippen LogP contribution in [-0.2, 0) is 6.54 Å². The molecule has 0 aliphatic rings.